The molecule has 1 amide bonds. The molecule has 3 saturated heterocycles. The molecule has 5 unspecified atom stereocenters. The molecule has 230 valence electrons. The number of nitrogens with one attached hydrogen (secondary N) is 1. The Morgan fingerprint density at radius 3 is 2.71 bits per heavy atom. The summed E-state index contributed by atoms with van der Waals surface area (Å²) in [6.07, 6.45) is 3.01. The third-order valence-corrected chi connectivity index (χ3v) is 10.2. The van der Waals surface area contributed by atoms with Crippen LogP contribution in [0.1, 0.15) is 12.0 Å². The molecule has 0 spiro atoms. The van der Waals surface area contributed by atoms with E-state index in [0.29, 0.717) is 25.3 Å². The van der Waals surface area contributed by atoms with Gasteiger partial charge in [-0.05, 0) is 49.6 Å². The largest absolute Gasteiger partial charge is 0.445 e. The van der Waals surface area contributed by atoms with Gasteiger partial charge < -0.3 is 35.3 Å². The highest BCUT2D eigenvalue weighted by Crippen LogP contribution is 2.49. The number of fused-ring (bicyclic) bond motifs is 1. The summed E-state index contributed by atoms with van der Waals surface area (Å²) in [5.74, 6) is 0.552. The SMILES string of the molecule is C=C/C(N)=C\C=C\S(=O)(=O)N(CC1CN(C)C1)C[C@@H](O)[C@H](Cc1ccccc1)NC(=O)OC1C2COC3OCC1C3C2. The van der Waals surface area contributed by atoms with Gasteiger partial charge in [0.25, 0.3) is 0 Å². The molecular formula is C30H42N4O7S. The van der Waals surface area contributed by atoms with Crippen LogP contribution in [0.5, 0.6) is 0 Å². The van der Waals surface area contributed by atoms with Crippen molar-refractivity contribution in [2.45, 2.75) is 37.4 Å². The normalized spacial score (nSPS) is 29.4. The Morgan fingerprint density at radius 2 is 2.00 bits per heavy atom. The number of ether oxygens (including phenoxy) is 3. The zero-order valence-electron chi connectivity index (χ0n) is 24.0. The van der Waals surface area contributed by atoms with E-state index in [9.17, 15) is 18.3 Å². The predicted octanol–water partition coefficient (Wildman–Crippen LogP) is 1.43. The number of carbonyl (C=O) groups excluding carboxylic acids is 1. The average Bonchev–Trinajstić information content (AvgIpc) is 3.48. The molecule has 4 N–H and O–H groups in total. The maximum Gasteiger partial charge on any atom is 0.407 e. The van der Waals surface area contributed by atoms with Crippen molar-refractivity contribution in [2.24, 2.45) is 29.4 Å². The highest BCUT2D eigenvalue weighted by atomic mass is 32.2. The van der Waals surface area contributed by atoms with E-state index in [2.05, 4.69) is 16.8 Å². The van der Waals surface area contributed by atoms with Gasteiger partial charge in [0.2, 0.25) is 10.0 Å². The minimum absolute atomic E-state index is 0.0861. The van der Waals surface area contributed by atoms with Gasteiger partial charge >= 0.3 is 6.09 Å². The Balaban J connectivity index is 1.30. The molecule has 0 aromatic heterocycles. The van der Waals surface area contributed by atoms with Crippen LogP contribution in [0.4, 0.5) is 4.79 Å². The number of likely N-dealkylation sites (tertiary alicyclic amines) is 1. The number of carbonyl (C=O) groups is 1. The molecule has 42 heavy (non-hydrogen) atoms. The highest BCUT2D eigenvalue weighted by Gasteiger charge is 2.56. The summed E-state index contributed by atoms with van der Waals surface area (Å²) in [4.78, 5) is 15.4. The Labute approximate surface area is 248 Å². The number of alkyl carbamates (subject to hydrolysis) is 1. The van der Waals surface area contributed by atoms with Crippen molar-refractivity contribution in [3.05, 3.63) is 71.8 Å². The first-order valence-electron chi connectivity index (χ1n) is 14.5. The molecule has 3 aliphatic heterocycles. The van der Waals surface area contributed by atoms with Crippen molar-refractivity contribution in [3.63, 3.8) is 0 Å². The van der Waals surface area contributed by atoms with Gasteiger partial charge in [0.1, 0.15) is 6.10 Å². The van der Waals surface area contributed by atoms with E-state index in [4.69, 9.17) is 19.9 Å². The lowest BCUT2D eigenvalue weighted by Gasteiger charge is -2.39. The Hall–Kier alpha value is -2.74. The average molecular weight is 603 g/mol. The van der Waals surface area contributed by atoms with Crippen LogP contribution in [0, 0.1) is 23.7 Å². The van der Waals surface area contributed by atoms with Crippen LogP contribution in [-0.4, -0.2) is 99.8 Å². The molecule has 12 heteroatoms. The fourth-order valence-corrected chi connectivity index (χ4v) is 7.79. The molecule has 4 aliphatic rings. The smallest absolute Gasteiger partial charge is 0.407 e. The van der Waals surface area contributed by atoms with Crippen LogP contribution in [0.2, 0.25) is 0 Å². The topological polar surface area (TPSA) is 144 Å². The molecule has 5 rings (SSSR count). The number of allylic oxidation sites excluding steroid dienone is 3. The van der Waals surface area contributed by atoms with Crippen LogP contribution in [0.25, 0.3) is 0 Å². The predicted molar refractivity (Wildman–Crippen MR) is 157 cm³/mol. The van der Waals surface area contributed by atoms with Crippen LogP contribution in [0.15, 0.2) is 66.2 Å². The molecule has 0 radical (unpaired) electrons. The fourth-order valence-electron chi connectivity index (χ4n) is 6.56. The van der Waals surface area contributed by atoms with E-state index in [1.165, 1.54) is 22.5 Å². The van der Waals surface area contributed by atoms with E-state index in [0.717, 1.165) is 30.5 Å². The number of hydrogen-bond acceptors (Lipinski definition) is 9. The molecule has 3 heterocycles. The van der Waals surface area contributed by atoms with Gasteiger partial charge in [0.15, 0.2) is 6.29 Å². The molecule has 2 bridgehead atoms. The summed E-state index contributed by atoms with van der Waals surface area (Å²) in [5.41, 5.74) is 6.94. The number of amides is 1. The minimum Gasteiger partial charge on any atom is -0.445 e. The molecule has 1 saturated carbocycles. The van der Waals surface area contributed by atoms with Crippen molar-refractivity contribution >= 4 is 16.1 Å². The second-order valence-corrected chi connectivity index (χ2v) is 13.7. The summed E-state index contributed by atoms with van der Waals surface area (Å²) in [5, 5.41) is 15.4. The van der Waals surface area contributed by atoms with E-state index < -0.39 is 28.3 Å². The number of nitrogens with zero attached hydrogens (tertiary/aromatic N) is 2. The molecule has 1 aliphatic carbocycles. The first-order chi connectivity index (χ1) is 20.1. The molecule has 1 aromatic carbocycles. The van der Waals surface area contributed by atoms with Crippen LogP contribution in [0.3, 0.4) is 0 Å². The number of sulfonamides is 1. The van der Waals surface area contributed by atoms with Crippen molar-refractivity contribution in [3.8, 4) is 0 Å². The van der Waals surface area contributed by atoms with Gasteiger partial charge in [-0.1, -0.05) is 36.9 Å². The van der Waals surface area contributed by atoms with E-state index >= 15 is 0 Å². The summed E-state index contributed by atoms with van der Waals surface area (Å²) in [7, 11) is -1.94. The van der Waals surface area contributed by atoms with Crippen molar-refractivity contribution in [2.75, 3.05) is 46.4 Å². The lowest BCUT2D eigenvalue weighted by atomic mass is 9.98. The Morgan fingerprint density at radius 1 is 1.26 bits per heavy atom. The number of benzene rings is 1. The molecule has 4 fully saturated rings. The summed E-state index contributed by atoms with van der Waals surface area (Å²) in [6, 6.07) is 8.65. The summed E-state index contributed by atoms with van der Waals surface area (Å²) >= 11 is 0. The number of aliphatic hydroxyl groups excluding tert-OH is 1. The maximum absolute atomic E-state index is 13.4. The molecule has 7 atom stereocenters. The van der Waals surface area contributed by atoms with E-state index in [-0.39, 0.29) is 49.2 Å². The van der Waals surface area contributed by atoms with Crippen LogP contribution in [-0.2, 0) is 30.7 Å². The lowest BCUT2D eigenvalue weighted by molar-refractivity contribution is -0.169. The van der Waals surface area contributed by atoms with Crippen molar-refractivity contribution < 1.29 is 32.5 Å². The summed E-state index contributed by atoms with van der Waals surface area (Å²) in [6.45, 7) is 6.09. The van der Waals surface area contributed by atoms with Crippen molar-refractivity contribution in [1.82, 2.24) is 14.5 Å². The third-order valence-electron chi connectivity index (χ3n) is 8.72. The van der Waals surface area contributed by atoms with Gasteiger partial charge in [-0.25, -0.2) is 13.2 Å². The number of hydrogen-bond donors (Lipinski definition) is 3. The van der Waals surface area contributed by atoms with Gasteiger partial charge in [0.05, 0.1) is 25.4 Å². The second kappa shape index (κ2) is 13.3. The minimum atomic E-state index is -3.91. The second-order valence-electron chi connectivity index (χ2n) is 11.9. The van der Waals surface area contributed by atoms with E-state index in [1.807, 2.05) is 37.4 Å². The zero-order chi connectivity index (χ0) is 29.9. The molecular weight excluding hydrogens is 560 g/mol. The molecule has 11 nitrogen and oxygen atoms in total. The quantitative estimate of drug-likeness (QED) is 0.286. The third kappa shape index (κ3) is 7.24. The first-order valence-corrected chi connectivity index (χ1v) is 16.0. The first kappa shape index (κ1) is 30.7. The van der Waals surface area contributed by atoms with Gasteiger partial charge in [0, 0.05) is 55.0 Å². The standard InChI is InChI=1S/C30H42N4O7S/c1-3-23(31)10-7-11-42(37,38)34(16-21-14-33(2)15-21)17-27(35)26(12-20-8-5-4-6-9-20)32-30(36)41-28-22-13-24-25(28)19-40-29(24)39-18-22/h3-11,21-22,24-29,35H,1,12-19,31H2,2H3,(H,32,36)/b11-7+,23-10+/t22?,24?,25?,26-,27+,28?,29?/m0/s1. The van der Waals surface area contributed by atoms with Gasteiger partial charge in [-0.15, -0.1) is 0 Å². The Bertz CT molecular complexity index is 1270. The fraction of sp³-hybridized carbons (Fsp3) is 0.567. The monoisotopic (exact) mass is 602 g/mol. The van der Waals surface area contributed by atoms with Crippen molar-refractivity contribution in [1.29, 1.82) is 0 Å². The van der Waals surface area contributed by atoms with E-state index in [1.54, 1.807) is 0 Å². The van der Waals surface area contributed by atoms with Gasteiger partial charge in [-0.2, -0.15) is 4.31 Å². The highest BCUT2D eigenvalue weighted by molar-refractivity contribution is 7.92. The lowest BCUT2D eigenvalue weighted by Crippen LogP contribution is -2.54. The van der Waals surface area contributed by atoms with Crippen LogP contribution < -0.4 is 11.1 Å². The molecule has 1 aromatic rings. The Kier molecular flexibility index (Phi) is 9.70. The maximum atomic E-state index is 13.4. The number of rotatable bonds is 13. The number of nitrogens with two attached hydrogens (primary N) is 1. The zero-order valence-corrected chi connectivity index (χ0v) is 24.8. The van der Waals surface area contributed by atoms with Crippen LogP contribution >= 0.6 is 0 Å². The van der Waals surface area contributed by atoms with Gasteiger partial charge in [-0.3, -0.25) is 0 Å². The summed E-state index contributed by atoms with van der Waals surface area (Å²) < 4.78 is 45.5. The number of aliphatic hydroxyl groups is 1.